The SMILES string of the molecule is CCN(C(=O)Nc1c(C)cccc1C)C(C)C(=O)c1c(C)c(C(=O)OC)n(C)c1C. The highest BCUT2D eigenvalue weighted by atomic mass is 16.5. The van der Waals surface area contributed by atoms with Gasteiger partial charge in [-0.25, -0.2) is 9.59 Å². The molecule has 0 bridgehead atoms. The van der Waals surface area contributed by atoms with Crippen LogP contribution in [0.15, 0.2) is 18.2 Å². The molecule has 7 nitrogen and oxygen atoms in total. The number of esters is 1. The van der Waals surface area contributed by atoms with Gasteiger partial charge in [-0.05, 0) is 58.2 Å². The normalized spacial score (nSPS) is 11.7. The lowest BCUT2D eigenvalue weighted by Crippen LogP contribution is -2.45. The van der Waals surface area contributed by atoms with Gasteiger partial charge in [0.1, 0.15) is 5.69 Å². The molecule has 0 fully saturated rings. The third-order valence-corrected chi connectivity index (χ3v) is 5.72. The summed E-state index contributed by atoms with van der Waals surface area (Å²) in [6, 6.07) is 4.75. The van der Waals surface area contributed by atoms with Crippen LogP contribution in [-0.4, -0.2) is 46.9 Å². The van der Waals surface area contributed by atoms with Gasteiger partial charge in [0.05, 0.1) is 13.2 Å². The number of rotatable bonds is 6. The Morgan fingerprint density at radius 3 is 2.20 bits per heavy atom. The van der Waals surface area contributed by atoms with Gasteiger partial charge in [-0.2, -0.15) is 0 Å². The van der Waals surface area contributed by atoms with Crippen LogP contribution in [0.1, 0.15) is 57.1 Å². The molecule has 0 radical (unpaired) electrons. The van der Waals surface area contributed by atoms with E-state index in [-0.39, 0.29) is 11.8 Å². The van der Waals surface area contributed by atoms with Crippen molar-refractivity contribution in [2.24, 2.45) is 7.05 Å². The quantitative estimate of drug-likeness (QED) is 0.569. The van der Waals surface area contributed by atoms with E-state index in [0.717, 1.165) is 16.8 Å². The summed E-state index contributed by atoms with van der Waals surface area (Å²) < 4.78 is 6.52. The van der Waals surface area contributed by atoms with Crippen molar-refractivity contribution in [3.05, 3.63) is 51.8 Å². The van der Waals surface area contributed by atoms with Gasteiger partial charge in [0.2, 0.25) is 0 Å². The van der Waals surface area contributed by atoms with Gasteiger partial charge in [0.15, 0.2) is 5.78 Å². The van der Waals surface area contributed by atoms with Gasteiger partial charge in [0.25, 0.3) is 0 Å². The van der Waals surface area contributed by atoms with Crippen LogP contribution in [0.2, 0.25) is 0 Å². The molecule has 0 aliphatic heterocycles. The van der Waals surface area contributed by atoms with Gasteiger partial charge in [-0.15, -0.1) is 0 Å². The molecule has 7 heteroatoms. The van der Waals surface area contributed by atoms with Crippen LogP contribution in [0.5, 0.6) is 0 Å². The molecule has 0 saturated heterocycles. The van der Waals surface area contributed by atoms with Crippen LogP contribution in [0.4, 0.5) is 10.5 Å². The Morgan fingerprint density at radius 2 is 1.70 bits per heavy atom. The Bertz CT molecular complexity index is 971. The molecule has 1 heterocycles. The molecule has 1 N–H and O–H groups in total. The minimum absolute atomic E-state index is 0.214. The maximum atomic E-state index is 13.4. The van der Waals surface area contributed by atoms with Crippen LogP contribution in [0, 0.1) is 27.7 Å². The molecule has 30 heavy (non-hydrogen) atoms. The summed E-state index contributed by atoms with van der Waals surface area (Å²) in [6.07, 6.45) is 0. The Morgan fingerprint density at radius 1 is 1.13 bits per heavy atom. The van der Waals surface area contributed by atoms with E-state index in [2.05, 4.69) is 5.32 Å². The number of nitrogens with zero attached hydrogens (tertiary/aromatic N) is 2. The number of anilines is 1. The molecule has 0 aliphatic rings. The summed E-state index contributed by atoms with van der Waals surface area (Å²) in [7, 11) is 3.03. The number of carbonyl (C=O) groups is 3. The summed E-state index contributed by atoms with van der Waals surface area (Å²) in [5.41, 5.74) is 4.67. The summed E-state index contributed by atoms with van der Waals surface area (Å²) in [6.45, 7) is 11.3. The first-order chi connectivity index (χ1) is 14.1. The highest BCUT2D eigenvalue weighted by Gasteiger charge is 2.32. The maximum Gasteiger partial charge on any atom is 0.354 e. The Kier molecular flexibility index (Phi) is 7.08. The predicted octanol–water partition coefficient (Wildman–Crippen LogP) is 4.17. The molecule has 0 saturated carbocycles. The van der Waals surface area contributed by atoms with E-state index in [4.69, 9.17) is 4.74 Å². The fraction of sp³-hybridized carbons (Fsp3) is 0.435. The number of Topliss-reactive ketones (excluding diaryl/α,β-unsaturated/α-hetero) is 1. The Balaban J connectivity index is 2.36. The molecule has 2 amide bonds. The molecular weight excluding hydrogens is 382 g/mol. The lowest BCUT2D eigenvalue weighted by Gasteiger charge is -2.28. The van der Waals surface area contributed by atoms with Crippen LogP contribution in [0.3, 0.4) is 0 Å². The number of aromatic nitrogens is 1. The molecule has 1 unspecified atom stereocenters. The number of methoxy groups -OCH3 is 1. The number of amides is 2. The van der Waals surface area contributed by atoms with E-state index in [1.54, 1.807) is 32.4 Å². The average molecular weight is 414 g/mol. The van der Waals surface area contributed by atoms with E-state index in [9.17, 15) is 14.4 Å². The number of ketones is 1. The van der Waals surface area contributed by atoms with Crippen molar-refractivity contribution < 1.29 is 19.1 Å². The second-order valence-electron chi connectivity index (χ2n) is 7.51. The van der Waals surface area contributed by atoms with Crippen molar-refractivity contribution in [1.29, 1.82) is 0 Å². The largest absolute Gasteiger partial charge is 0.464 e. The second-order valence-corrected chi connectivity index (χ2v) is 7.51. The van der Waals surface area contributed by atoms with Crippen LogP contribution in [0.25, 0.3) is 0 Å². The third-order valence-electron chi connectivity index (χ3n) is 5.72. The monoisotopic (exact) mass is 413 g/mol. The molecule has 0 aliphatic carbocycles. The molecule has 162 valence electrons. The lowest BCUT2D eigenvalue weighted by atomic mass is 10.00. The number of para-hydroxylation sites is 1. The fourth-order valence-electron chi connectivity index (χ4n) is 3.86. The number of hydrogen-bond acceptors (Lipinski definition) is 4. The Labute approximate surface area is 178 Å². The molecule has 0 spiro atoms. The zero-order valence-electron chi connectivity index (χ0n) is 19.0. The number of benzene rings is 1. The summed E-state index contributed by atoms with van der Waals surface area (Å²) in [5.74, 6) is -0.709. The average Bonchev–Trinajstić information content (AvgIpc) is 2.92. The first kappa shape index (κ1) is 23.2. The maximum absolute atomic E-state index is 13.4. The van der Waals surface area contributed by atoms with E-state index < -0.39 is 12.0 Å². The van der Waals surface area contributed by atoms with E-state index >= 15 is 0 Å². The second kappa shape index (κ2) is 9.15. The standard InChI is InChI=1S/C23H31N3O4/c1-9-26(23(29)24-19-13(2)11-10-12-14(19)3)17(6)21(27)18-15(4)20(22(28)30-8)25(7)16(18)5/h10-12,17H,9H2,1-8H3,(H,24,29). The van der Waals surface area contributed by atoms with Gasteiger partial charge in [-0.1, -0.05) is 18.2 Å². The summed E-state index contributed by atoms with van der Waals surface area (Å²) in [4.78, 5) is 40.0. The fourth-order valence-corrected chi connectivity index (χ4v) is 3.86. The Hall–Kier alpha value is -3.09. The van der Waals surface area contributed by atoms with Crippen molar-refractivity contribution in [2.75, 3.05) is 19.0 Å². The smallest absolute Gasteiger partial charge is 0.354 e. The number of nitrogens with one attached hydrogen (secondary N) is 1. The summed E-state index contributed by atoms with van der Waals surface area (Å²) >= 11 is 0. The number of hydrogen-bond donors (Lipinski definition) is 1. The van der Waals surface area contributed by atoms with Gasteiger partial charge in [0, 0.05) is 30.5 Å². The molecule has 1 aromatic carbocycles. The van der Waals surface area contributed by atoms with Crippen molar-refractivity contribution >= 4 is 23.5 Å². The van der Waals surface area contributed by atoms with Crippen LogP contribution < -0.4 is 5.32 Å². The molecule has 2 rings (SSSR count). The zero-order valence-corrected chi connectivity index (χ0v) is 19.0. The first-order valence-electron chi connectivity index (χ1n) is 9.98. The lowest BCUT2D eigenvalue weighted by molar-refractivity contribution is 0.0588. The highest BCUT2D eigenvalue weighted by molar-refractivity contribution is 6.07. The number of carbonyl (C=O) groups excluding carboxylic acids is 3. The van der Waals surface area contributed by atoms with Gasteiger partial charge >= 0.3 is 12.0 Å². The molecule has 2 aromatic rings. The molecule has 1 atom stereocenters. The van der Waals surface area contributed by atoms with Crippen LogP contribution in [-0.2, 0) is 11.8 Å². The number of urea groups is 1. The predicted molar refractivity (Wildman–Crippen MR) is 117 cm³/mol. The summed E-state index contributed by atoms with van der Waals surface area (Å²) in [5, 5.41) is 2.95. The van der Waals surface area contributed by atoms with Crippen molar-refractivity contribution in [1.82, 2.24) is 9.47 Å². The minimum atomic E-state index is -0.704. The van der Waals surface area contributed by atoms with E-state index in [1.807, 2.05) is 39.0 Å². The zero-order chi connectivity index (χ0) is 22.7. The topological polar surface area (TPSA) is 80.6 Å². The molecule has 1 aromatic heterocycles. The van der Waals surface area contributed by atoms with Gasteiger partial charge < -0.3 is 19.5 Å². The van der Waals surface area contributed by atoms with E-state index in [1.165, 1.54) is 12.0 Å². The number of ether oxygens (including phenoxy) is 1. The van der Waals surface area contributed by atoms with E-state index in [0.29, 0.717) is 29.1 Å². The molecular formula is C23H31N3O4. The third kappa shape index (κ3) is 4.10. The highest BCUT2D eigenvalue weighted by Crippen LogP contribution is 2.25. The number of likely N-dealkylation sites (N-methyl/N-ethyl adjacent to an activating group) is 1. The van der Waals surface area contributed by atoms with Gasteiger partial charge in [-0.3, -0.25) is 4.79 Å². The van der Waals surface area contributed by atoms with Crippen molar-refractivity contribution in [3.63, 3.8) is 0 Å². The first-order valence-corrected chi connectivity index (χ1v) is 9.98. The minimum Gasteiger partial charge on any atom is -0.464 e. The van der Waals surface area contributed by atoms with Crippen molar-refractivity contribution in [3.8, 4) is 0 Å². The van der Waals surface area contributed by atoms with Crippen molar-refractivity contribution in [2.45, 2.75) is 47.6 Å². The van der Waals surface area contributed by atoms with Crippen LogP contribution >= 0.6 is 0 Å². The number of aryl methyl sites for hydroxylation is 2.